The lowest BCUT2D eigenvalue weighted by Gasteiger charge is -2.34. The van der Waals surface area contributed by atoms with Crippen LogP contribution in [0, 0.1) is 6.92 Å². The lowest BCUT2D eigenvalue weighted by Crippen LogP contribution is -2.50. The smallest absolute Gasteiger partial charge is 0.315 e. The molecule has 23 heavy (non-hydrogen) atoms. The topological polar surface area (TPSA) is 57.3 Å². The molecular formula is C17H22N4OS. The van der Waals surface area contributed by atoms with Crippen molar-refractivity contribution < 1.29 is 4.79 Å². The molecule has 1 atom stereocenters. The molecule has 2 heterocycles. The number of carbonyl (C=O) groups excluding carboxylic acids is 1. The molecule has 2 amide bonds. The minimum atomic E-state index is -0.0993. The quantitative estimate of drug-likeness (QED) is 0.906. The minimum Gasteiger partial charge on any atom is -0.369 e. The first-order valence-corrected chi connectivity index (χ1v) is 8.83. The molecule has 0 aliphatic carbocycles. The van der Waals surface area contributed by atoms with E-state index in [2.05, 4.69) is 44.8 Å². The van der Waals surface area contributed by atoms with Crippen molar-refractivity contribution in [3.63, 3.8) is 0 Å². The lowest BCUT2D eigenvalue weighted by molar-refractivity contribution is 0.234. The summed E-state index contributed by atoms with van der Waals surface area (Å²) in [5, 5.41) is 6.02. The summed E-state index contributed by atoms with van der Waals surface area (Å²) in [5.41, 5.74) is 4.02. The predicted molar refractivity (Wildman–Crippen MR) is 93.9 cm³/mol. The largest absolute Gasteiger partial charge is 0.369 e. The highest BCUT2D eigenvalue weighted by Crippen LogP contribution is 2.19. The maximum atomic E-state index is 12.1. The van der Waals surface area contributed by atoms with Gasteiger partial charge in [0.2, 0.25) is 0 Å². The monoisotopic (exact) mass is 330 g/mol. The van der Waals surface area contributed by atoms with Crippen LogP contribution in [-0.2, 0) is 6.54 Å². The molecule has 6 heteroatoms. The highest BCUT2D eigenvalue weighted by molar-refractivity contribution is 7.09. The second-order valence-electron chi connectivity index (χ2n) is 5.81. The normalized spacial score (nSPS) is 17.8. The zero-order valence-corrected chi connectivity index (χ0v) is 14.1. The Balaban J connectivity index is 1.49. The number of para-hydroxylation sites is 1. The molecule has 0 unspecified atom stereocenters. The van der Waals surface area contributed by atoms with Crippen LogP contribution >= 0.6 is 11.3 Å². The van der Waals surface area contributed by atoms with Crippen LogP contribution in [0.15, 0.2) is 35.8 Å². The standard InChI is InChI=1S/C17H22N4OS/c1-13-16(23-12-19-13)10-18-17(22)20-14-6-5-9-21(11-14)15-7-3-2-4-8-15/h2-4,7-8,12,14H,5-6,9-11H2,1H3,(H2,18,20,22)/t14-/m1/s1. The highest BCUT2D eigenvalue weighted by atomic mass is 32.1. The molecule has 1 fully saturated rings. The zero-order chi connectivity index (χ0) is 16.1. The molecular weight excluding hydrogens is 308 g/mol. The highest BCUT2D eigenvalue weighted by Gasteiger charge is 2.21. The summed E-state index contributed by atoms with van der Waals surface area (Å²) < 4.78 is 0. The van der Waals surface area contributed by atoms with Crippen molar-refractivity contribution >= 4 is 23.1 Å². The Morgan fingerprint density at radius 3 is 2.96 bits per heavy atom. The number of aryl methyl sites for hydroxylation is 1. The van der Waals surface area contributed by atoms with E-state index in [0.717, 1.165) is 36.5 Å². The molecule has 5 nitrogen and oxygen atoms in total. The zero-order valence-electron chi connectivity index (χ0n) is 13.3. The van der Waals surface area contributed by atoms with Crippen LogP contribution in [0.1, 0.15) is 23.4 Å². The van der Waals surface area contributed by atoms with Gasteiger partial charge in [-0.05, 0) is 31.9 Å². The van der Waals surface area contributed by atoms with Gasteiger partial charge in [0.1, 0.15) is 0 Å². The maximum Gasteiger partial charge on any atom is 0.315 e. The maximum absolute atomic E-state index is 12.1. The molecule has 2 N–H and O–H groups in total. The Kier molecular flexibility index (Phi) is 5.12. The molecule has 0 spiro atoms. The number of rotatable bonds is 4. The second-order valence-corrected chi connectivity index (χ2v) is 6.75. The van der Waals surface area contributed by atoms with Gasteiger partial charge >= 0.3 is 6.03 Å². The van der Waals surface area contributed by atoms with Crippen molar-refractivity contribution in [2.45, 2.75) is 32.4 Å². The number of hydrogen-bond acceptors (Lipinski definition) is 4. The Hall–Kier alpha value is -2.08. The number of thiazole rings is 1. The Bertz CT molecular complexity index is 643. The lowest BCUT2D eigenvalue weighted by atomic mass is 10.1. The van der Waals surface area contributed by atoms with E-state index in [0.29, 0.717) is 6.54 Å². The third kappa shape index (κ3) is 4.22. The fourth-order valence-corrected chi connectivity index (χ4v) is 3.58. The van der Waals surface area contributed by atoms with Crippen LogP contribution in [-0.4, -0.2) is 30.1 Å². The van der Waals surface area contributed by atoms with E-state index < -0.39 is 0 Å². The van der Waals surface area contributed by atoms with E-state index in [1.165, 1.54) is 5.69 Å². The van der Waals surface area contributed by atoms with E-state index in [-0.39, 0.29) is 12.1 Å². The van der Waals surface area contributed by atoms with Crippen LogP contribution in [0.2, 0.25) is 0 Å². The number of nitrogens with one attached hydrogen (secondary N) is 2. The van der Waals surface area contributed by atoms with E-state index in [9.17, 15) is 4.79 Å². The Labute approximate surface area is 140 Å². The van der Waals surface area contributed by atoms with Gasteiger partial charge in [-0.15, -0.1) is 11.3 Å². The number of nitrogens with zero attached hydrogens (tertiary/aromatic N) is 2. The van der Waals surface area contributed by atoms with Gasteiger partial charge in [0.05, 0.1) is 17.7 Å². The van der Waals surface area contributed by atoms with Crippen molar-refractivity contribution in [1.82, 2.24) is 15.6 Å². The molecule has 122 valence electrons. The number of carbonyl (C=O) groups is 1. The van der Waals surface area contributed by atoms with Gasteiger partial charge < -0.3 is 15.5 Å². The first-order valence-electron chi connectivity index (χ1n) is 7.95. The van der Waals surface area contributed by atoms with Crippen molar-refractivity contribution in [3.8, 4) is 0 Å². The fraction of sp³-hybridized carbons (Fsp3) is 0.412. The summed E-state index contributed by atoms with van der Waals surface area (Å²) in [4.78, 5) is 19.7. The van der Waals surface area contributed by atoms with Gasteiger partial charge in [-0.2, -0.15) is 0 Å². The van der Waals surface area contributed by atoms with Crippen molar-refractivity contribution in [1.29, 1.82) is 0 Å². The summed E-state index contributed by atoms with van der Waals surface area (Å²) in [6.45, 7) is 4.41. The van der Waals surface area contributed by atoms with Crippen LogP contribution in [0.3, 0.4) is 0 Å². The SMILES string of the molecule is Cc1ncsc1CNC(=O)N[C@@H]1CCCN(c2ccccc2)C1. The summed E-state index contributed by atoms with van der Waals surface area (Å²) in [6, 6.07) is 10.5. The van der Waals surface area contributed by atoms with E-state index in [1.807, 2.05) is 18.5 Å². The van der Waals surface area contributed by atoms with Crippen LogP contribution < -0.4 is 15.5 Å². The van der Waals surface area contributed by atoms with Crippen LogP contribution in [0.25, 0.3) is 0 Å². The van der Waals surface area contributed by atoms with Gasteiger partial charge in [0.25, 0.3) is 0 Å². The minimum absolute atomic E-state index is 0.0993. The third-order valence-corrected chi connectivity index (χ3v) is 5.07. The number of hydrogen-bond donors (Lipinski definition) is 2. The molecule has 1 aliphatic rings. The van der Waals surface area contributed by atoms with Gasteiger partial charge in [0.15, 0.2) is 0 Å². The van der Waals surface area contributed by atoms with Gasteiger partial charge in [-0.3, -0.25) is 0 Å². The molecule has 0 bridgehead atoms. The van der Waals surface area contributed by atoms with Crippen molar-refractivity contribution in [2.24, 2.45) is 0 Å². The van der Waals surface area contributed by atoms with E-state index >= 15 is 0 Å². The molecule has 0 saturated carbocycles. The molecule has 1 saturated heterocycles. The van der Waals surface area contributed by atoms with Crippen molar-refractivity contribution in [2.75, 3.05) is 18.0 Å². The summed E-state index contributed by atoms with van der Waals surface area (Å²) in [7, 11) is 0. The number of benzene rings is 1. The number of aromatic nitrogens is 1. The predicted octanol–water partition coefficient (Wildman–Crippen LogP) is 2.92. The molecule has 0 radical (unpaired) electrons. The van der Waals surface area contributed by atoms with Crippen molar-refractivity contribution in [3.05, 3.63) is 46.4 Å². The fourth-order valence-electron chi connectivity index (χ4n) is 2.86. The summed E-state index contributed by atoms with van der Waals surface area (Å²) in [6.07, 6.45) is 2.12. The van der Waals surface area contributed by atoms with Gasteiger partial charge in [-0.1, -0.05) is 18.2 Å². The summed E-state index contributed by atoms with van der Waals surface area (Å²) >= 11 is 1.57. The van der Waals surface area contributed by atoms with Gasteiger partial charge in [-0.25, -0.2) is 9.78 Å². The second kappa shape index (κ2) is 7.46. The number of amides is 2. The van der Waals surface area contributed by atoms with E-state index in [4.69, 9.17) is 0 Å². The summed E-state index contributed by atoms with van der Waals surface area (Å²) in [5.74, 6) is 0. The Morgan fingerprint density at radius 1 is 1.39 bits per heavy atom. The molecule has 2 aromatic rings. The first kappa shape index (κ1) is 15.8. The third-order valence-electron chi connectivity index (χ3n) is 4.13. The van der Waals surface area contributed by atoms with Gasteiger partial charge in [0, 0.05) is 29.7 Å². The van der Waals surface area contributed by atoms with E-state index in [1.54, 1.807) is 11.3 Å². The molecule has 3 rings (SSSR count). The average molecular weight is 330 g/mol. The average Bonchev–Trinajstić information content (AvgIpc) is 2.99. The number of urea groups is 1. The first-order chi connectivity index (χ1) is 11.2. The molecule has 1 aromatic carbocycles. The van der Waals surface area contributed by atoms with Crippen LogP contribution in [0.4, 0.5) is 10.5 Å². The molecule has 1 aliphatic heterocycles. The number of anilines is 1. The molecule has 1 aromatic heterocycles. The van der Waals surface area contributed by atoms with Crippen LogP contribution in [0.5, 0.6) is 0 Å². The number of piperidine rings is 1. The Morgan fingerprint density at radius 2 is 2.22 bits per heavy atom.